The summed E-state index contributed by atoms with van der Waals surface area (Å²) >= 11 is 1.57. The number of para-hydroxylation sites is 1. The number of nitrogens with one attached hydrogen (secondary N) is 1. The second-order valence-corrected chi connectivity index (χ2v) is 7.09. The smallest absolute Gasteiger partial charge is 0.137 e. The predicted octanol–water partition coefficient (Wildman–Crippen LogP) is 3.99. The number of hydrogen-bond donors (Lipinski definition) is 2. The Morgan fingerprint density at radius 3 is 2.57 bits per heavy atom. The third-order valence-electron chi connectivity index (χ3n) is 3.11. The lowest BCUT2D eigenvalue weighted by Crippen LogP contribution is -2.17. The summed E-state index contributed by atoms with van der Waals surface area (Å²) in [5.41, 5.74) is 6.91. The highest BCUT2D eigenvalue weighted by Gasteiger charge is 2.19. The Kier molecular flexibility index (Phi) is 3.37. The third kappa shape index (κ3) is 3.03. The molecule has 0 amide bonds. The molecular weight excluding hydrogens is 280 g/mol. The first-order chi connectivity index (χ1) is 9.91. The number of aromatic nitrogens is 3. The number of fused-ring (bicyclic) bond motifs is 1. The Labute approximate surface area is 128 Å². The van der Waals surface area contributed by atoms with E-state index in [-0.39, 0.29) is 5.41 Å². The number of H-pyrrole nitrogens is 1. The van der Waals surface area contributed by atoms with E-state index in [1.807, 2.05) is 18.2 Å². The summed E-state index contributed by atoms with van der Waals surface area (Å²) in [4.78, 5) is 12.3. The van der Waals surface area contributed by atoms with Crippen molar-refractivity contribution in [1.82, 2.24) is 15.0 Å². The minimum Gasteiger partial charge on any atom is -0.384 e. The number of aromatic amines is 1. The molecule has 0 radical (unpaired) electrons. The van der Waals surface area contributed by atoms with Crippen LogP contribution < -0.4 is 5.73 Å². The van der Waals surface area contributed by atoms with Crippen molar-refractivity contribution < 1.29 is 0 Å². The standard InChI is InChI=1S/C16H18N4S/c1-16(2,3)15-19-12(17)9-14(20-15)21-13-8-10-6-4-5-7-11(10)18-13/h4-9,18H,1-3H3,(H2,17,19,20). The van der Waals surface area contributed by atoms with Gasteiger partial charge >= 0.3 is 0 Å². The van der Waals surface area contributed by atoms with Gasteiger partial charge < -0.3 is 10.7 Å². The molecule has 21 heavy (non-hydrogen) atoms. The van der Waals surface area contributed by atoms with Gasteiger partial charge in [0.15, 0.2) is 0 Å². The zero-order valence-electron chi connectivity index (χ0n) is 12.3. The number of rotatable bonds is 2. The maximum Gasteiger partial charge on any atom is 0.137 e. The van der Waals surface area contributed by atoms with Crippen molar-refractivity contribution in [3.63, 3.8) is 0 Å². The van der Waals surface area contributed by atoms with Crippen molar-refractivity contribution in [2.75, 3.05) is 5.73 Å². The molecule has 0 fully saturated rings. The number of nitrogens with two attached hydrogens (primary N) is 1. The predicted molar refractivity (Wildman–Crippen MR) is 87.6 cm³/mol. The molecule has 0 aliphatic heterocycles. The maximum atomic E-state index is 5.91. The SMILES string of the molecule is CC(C)(C)c1nc(N)cc(Sc2cc3ccccc3[nH]2)n1. The number of benzene rings is 1. The zero-order valence-corrected chi connectivity index (χ0v) is 13.2. The molecule has 3 N–H and O–H groups in total. The largest absolute Gasteiger partial charge is 0.384 e. The van der Waals surface area contributed by atoms with Crippen molar-refractivity contribution in [2.45, 2.75) is 36.2 Å². The molecule has 0 bridgehead atoms. The van der Waals surface area contributed by atoms with Crippen molar-refractivity contribution in [2.24, 2.45) is 0 Å². The first kappa shape index (κ1) is 13.9. The summed E-state index contributed by atoms with van der Waals surface area (Å²) in [5, 5.41) is 3.10. The Balaban J connectivity index is 1.95. The average Bonchev–Trinajstić information content (AvgIpc) is 2.79. The lowest BCUT2D eigenvalue weighted by atomic mass is 9.96. The van der Waals surface area contributed by atoms with E-state index < -0.39 is 0 Å². The second-order valence-electron chi connectivity index (χ2n) is 6.03. The van der Waals surface area contributed by atoms with E-state index in [0.29, 0.717) is 5.82 Å². The van der Waals surface area contributed by atoms with Crippen LogP contribution in [0.25, 0.3) is 10.9 Å². The molecule has 0 saturated heterocycles. The van der Waals surface area contributed by atoms with Crippen LogP contribution in [0.2, 0.25) is 0 Å². The van der Waals surface area contributed by atoms with E-state index in [9.17, 15) is 0 Å². The van der Waals surface area contributed by atoms with Crippen LogP contribution in [0.15, 0.2) is 46.5 Å². The van der Waals surface area contributed by atoms with E-state index in [2.05, 4.69) is 53.9 Å². The van der Waals surface area contributed by atoms with Crippen molar-refractivity contribution >= 4 is 28.5 Å². The van der Waals surface area contributed by atoms with Crippen LogP contribution in [0.4, 0.5) is 5.82 Å². The number of nitrogen functional groups attached to an aromatic ring is 1. The molecule has 0 saturated carbocycles. The average molecular weight is 298 g/mol. The molecule has 2 heterocycles. The van der Waals surface area contributed by atoms with E-state index in [1.54, 1.807) is 11.8 Å². The van der Waals surface area contributed by atoms with Crippen LogP contribution in [-0.2, 0) is 5.41 Å². The van der Waals surface area contributed by atoms with Gasteiger partial charge in [0.05, 0.1) is 5.03 Å². The highest BCUT2D eigenvalue weighted by Crippen LogP contribution is 2.30. The van der Waals surface area contributed by atoms with Crippen molar-refractivity contribution in [3.05, 3.63) is 42.2 Å². The molecule has 0 aliphatic carbocycles. The second kappa shape index (κ2) is 5.07. The monoisotopic (exact) mass is 298 g/mol. The molecule has 3 rings (SSSR count). The molecule has 1 aromatic carbocycles. The van der Waals surface area contributed by atoms with Gasteiger partial charge in [-0.25, -0.2) is 9.97 Å². The van der Waals surface area contributed by atoms with Gasteiger partial charge in [-0.1, -0.05) is 50.7 Å². The van der Waals surface area contributed by atoms with Gasteiger partial charge in [0.25, 0.3) is 0 Å². The third-order valence-corrected chi connectivity index (χ3v) is 3.97. The molecule has 3 aromatic rings. The van der Waals surface area contributed by atoms with E-state index in [0.717, 1.165) is 21.4 Å². The molecule has 0 spiro atoms. The highest BCUT2D eigenvalue weighted by molar-refractivity contribution is 7.99. The van der Waals surface area contributed by atoms with Gasteiger partial charge in [0, 0.05) is 22.4 Å². The van der Waals surface area contributed by atoms with Crippen molar-refractivity contribution in [3.8, 4) is 0 Å². The fourth-order valence-electron chi connectivity index (χ4n) is 2.04. The van der Waals surface area contributed by atoms with Gasteiger partial charge in [-0.05, 0) is 12.1 Å². The normalized spacial score (nSPS) is 12.0. The first-order valence-electron chi connectivity index (χ1n) is 6.82. The first-order valence-corrected chi connectivity index (χ1v) is 7.64. The van der Waals surface area contributed by atoms with Crippen molar-refractivity contribution in [1.29, 1.82) is 0 Å². The van der Waals surface area contributed by atoms with E-state index in [4.69, 9.17) is 5.73 Å². The molecule has 0 aliphatic rings. The Morgan fingerprint density at radius 1 is 1.10 bits per heavy atom. The fraction of sp³-hybridized carbons (Fsp3) is 0.250. The summed E-state index contributed by atoms with van der Waals surface area (Å²) in [7, 11) is 0. The van der Waals surface area contributed by atoms with Gasteiger partial charge in [-0.2, -0.15) is 0 Å². The Morgan fingerprint density at radius 2 is 1.86 bits per heavy atom. The molecule has 0 unspecified atom stereocenters. The van der Waals surface area contributed by atoms with Crippen LogP contribution in [0.3, 0.4) is 0 Å². The Bertz CT molecular complexity index is 753. The number of nitrogens with zero attached hydrogens (tertiary/aromatic N) is 2. The number of hydrogen-bond acceptors (Lipinski definition) is 4. The van der Waals surface area contributed by atoms with E-state index >= 15 is 0 Å². The zero-order chi connectivity index (χ0) is 15.0. The minimum atomic E-state index is -0.120. The fourth-order valence-corrected chi connectivity index (χ4v) is 2.93. The number of anilines is 1. The van der Waals surface area contributed by atoms with Gasteiger partial charge in [0.1, 0.15) is 16.7 Å². The summed E-state index contributed by atoms with van der Waals surface area (Å²) in [6.45, 7) is 6.25. The topological polar surface area (TPSA) is 67.6 Å². The molecule has 2 aromatic heterocycles. The minimum absolute atomic E-state index is 0.120. The molecule has 4 nitrogen and oxygen atoms in total. The van der Waals surface area contributed by atoms with Gasteiger partial charge in [-0.15, -0.1) is 0 Å². The van der Waals surface area contributed by atoms with Crippen LogP contribution in [0.1, 0.15) is 26.6 Å². The van der Waals surface area contributed by atoms with Gasteiger partial charge in [0.2, 0.25) is 0 Å². The summed E-state index contributed by atoms with van der Waals surface area (Å²) < 4.78 is 0. The summed E-state index contributed by atoms with van der Waals surface area (Å²) in [5.74, 6) is 1.27. The molecule has 108 valence electrons. The Hall–Kier alpha value is -2.01. The molecular formula is C16H18N4S. The summed E-state index contributed by atoms with van der Waals surface area (Å²) in [6.07, 6.45) is 0. The van der Waals surface area contributed by atoms with Crippen LogP contribution >= 0.6 is 11.8 Å². The molecule has 0 atom stereocenters. The van der Waals surface area contributed by atoms with Crippen LogP contribution in [0, 0.1) is 0 Å². The molecule has 5 heteroatoms. The van der Waals surface area contributed by atoms with Gasteiger partial charge in [-0.3, -0.25) is 0 Å². The van der Waals surface area contributed by atoms with Crippen LogP contribution in [-0.4, -0.2) is 15.0 Å². The quantitative estimate of drug-likeness (QED) is 0.702. The lowest BCUT2D eigenvalue weighted by Gasteiger charge is -2.17. The van der Waals surface area contributed by atoms with E-state index in [1.165, 1.54) is 5.39 Å². The van der Waals surface area contributed by atoms with Crippen LogP contribution in [0.5, 0.6) is 0 Å². The highest BCUT2D eigenvalue weighted by atomic mass is 32.2. The summed E-state index contributed by atoms with van der Waals surface area (Å²) in [6, 6.07) is 12.1. The maximum absolute atomic E-state index is 5.91. The lowest BCUT2D eigenvalue weighted by molar-refractivity contribution is 0.540.